The molecule has 0 saturated heterocycles. The van der Waals surface area contributed by atoms with Gasteiger partial charge in [-0.2, -0.15) is 8.78 Å². The van der Waals surface area contributed by atoms with Crippen molar-refractivity contribution in [1.29, 1.82) is 0 Å². The number of halogens is 4. The second-order valence-corrected chi connectivity index (χ2v) is 5.96. The molecule has 0 bridgehead atoms. The molecule has 152 valence electrons. The summed E-state index contributed by atoms with van der Waals surface area (Å²) in [6.45, 7) is -0.882. The zero-order chi connectivity index (χ0) is 20.5. The molecule has 0 aliphatic heterocycles. The van der Waals surface area contributed by atoms with Crippen molar-refractivity contribution in [2.24, 2.45) is 0 Å². The molecule has 2 amide bonds. The van der Waals surface area contributed by atoms with Gasteiger partial charge in [-0.15, -0.1) is 0 Å². The third kappa shape index (κ3) is 7.34. The lowest BCUT2D eigenvalue weighted by Crippen LogP contribution is -2.43. The Hall–Kier alpha value is -2.97. The predicted octanol–water partition coefficient (Wildman–Crippen LogP) is 3.88. The predicted molar refractivity (Wildman–Crippen MR) is 94.6 cm³/mol. The van der Waals surface area contributed by atoms with Crippen LogP contribution in [-0.2, 0) is 6.42 Å². The molecule has 2 aromatic rings. The normalized spacial score (nSPS) is 11.8. The molecule has 0 radical (unpaired) electrons. The number of ether oxygens (including phenoxy) is 2. The van der Waals surface area contributed by atoms with Crippen LogP contribution in [0.4, 0.5) is 22.4 Å². The molecule has 0 aliphatic rings. The average Bonchev–Trinajstić information content (AvgIpc) is 2.62. The van der Waals surface area contributed by atoms with Crippen molar-refractivity contribution in [1.82, 2.24) is 10.6 Å². The zero-order valence-electron chi connectivity index (χ0n) is 15.1. The largest absolute Gasteiger partial charge is 0.488 e. The van der Waals surface area contributed by atoms with E-state index in [-0.39, 0.29) is 18.1 Å². The first-order valence-electron chi connectivity index (χ1n) is 8.49. The van der Waals surface area contributed by atoms with Crippen LogP contribution in [0.3, 0.4) is 0 Å². The molecule has 28 heavy (non-hydrogen) atoms. The number of alkyl halides is 2. The van der Waals surface area contributed by atoms with Crippen molar-refractivity contribution in [2.45, 2.75) is 26.0 Å². The van der Waals surface area contributed by atoms with E-state index in [1.807, 2.05) is 0 Å². The number of hydrogen-bond acceptors (Lipinski definition) is 3. The monoisotopic (exact) mass is 400 g/mol. The minimum absolute atomic E-state index is 0.00156. The third-order valence-electron chi connectivity index (χ3n) is 3.61. The standard InChI is InChI=1S/C19H20F4N2O3/c1-12(11-27-17-7-4-14(20)10-16(17)21)25-19(26)24-9-8-13-2-5-15(6-3-13)28-18(22)23/h2-7,10,12,18H,8-9,11H2,1H3,(H2,24,25,26). The lowest BCUT2D eigenvalue weighted by atomic mass is 10.1. The Bertz CT molecular complexity index is 772. The Morgan fingerprint density at radius 2 is 1.82 bits per heavy atom. The number of hydrogen-bond donors (Lipinski definition) is 2. The lowest BCUT2D eigenvalue weighted by Gasteiger charge is -2.16. The molecule has 2 aromatic carbocycles. The van der Waals surface area contributed by atoms with Gasteiger partial charge in [-0.1, -0.05) is 12.1 Å². The second kappa shape index (κ2) is 10.4. The van der Waals surface area contributed by atoms with Crippen LogP contribution in [0.5, 0.6) is 11.5 Å². The van der Waals surface area contributed by atoms with Crippen LogP contribution in [0.2, 0.25) is 0 Å². The van der Waals surface area contributed by atoms with E-state index in [9.17, 15) is 22.4 Å². The Balaban J connectivity index is 1.67. The number of rotatable bonds is 9. The first-order chi connectivity index (χ1) is 13.3. The SMILES string of the molecule is CC(COc1ccc(F)cc1F)NC(=O)NCCc1ccc(OC(F)F)cc1. The maximum absolute atomic E-state index is 13.5. The molecule has 0 aromatic heterocycles. The van der Waals surface area contributed by atoms with Crippen LogP contribution in [-0.4, -0.2) is 31.8 Å². The van der Waals surface area contributed by atoms with Crippen LogP contribution in [0.1, 0.15) is 12.5 Å². The van der Waals surface area contributed by atoms with Crippen molar-refractivity contribution in [3.05, 3.63) is 59.7 Å². The van der Waals surface area contributed by atoms with E-state index in [1.165, 1.54) is 18.2 Å². The molecule has 2 rings (SSSR count). The van der Waals surface area contributed by atoms with Gasteiger partial charge in [0.1, 0.15) is 18.2 Å². The van der Waals surface area contributed by atoms with Crippen molar-refractivity contribution in [3.63, 3.8) is 0 Å². The highest BCUT2D eigenvalue weighted by atomic mass is 19.3. The highest BCUT2D eigenvalue weighted by Crippen LogP contribution is 2.17. The molecular formula is C19H20F4N2O3. The summed E-state index contributed by atoms with van der Waals surface area (Å²) >= 11 is 0. The van der Waals surface area contributed by atoms with E-state index < -0.39 is 30.3 Å². The summed E-state index contributed by atoms with van der Waals surface area (Å²) < 4.78 is 59.9. The summed E-state index contributed by atoms with van der Waals surface area (Å²) in [5, 5.41) is 5.27. The Labute approximate surface area is 159 Å². The minimum atomic E-state index is -2.87. The van der Waals surface area contributed by atoms with Gasteiger partial charge in [-0.05, 0) is 43.2 Å². The van der Waals surface area contributed by atoms with Gasteiger partial charge in [0.05, 0.1) is 6.04 Å². The van der Waals surface area contributed by atoms with Crippen LogP contribution < -0.4 is 20.1 Å². The average molecular weight is 400 g/mol. The molecule has 0 fully saturated rings. The van der Waals surface area contributed by atoms with Gasteiger partial charge in [-0.25, -0.2) is 13.6 Å². The number of carbonyl (C=O) groups excluding carboxylic acids is 1. The van der Waals surface area contributed by atoms with Crippen molar-refractivity contribution >= 4 is 6.03 Å². The van der Waals surface area contributed by atoms with Crippen LogP contribution in [0.25, 0.3) is 0 Å². The van der Waals surface area contributed by atoms with E-state index in [0.29, 0.717) is 19.0 Å². The smallest absolute Gasteiger partial charge is 0.387 e. The quantitative estimate of drug-likeness (QED) is 0.628. The maximum atomic E-state index is 13.5. The highest BCUT2D eigenvalue weighted by molar-refractivity contribution is 5.74. The maximum Gasteiger partial charge on any atom is 0.387 e. The van der Waals surface area contributed by atoms with Crippen molar-refractivity contribution in [3.8, 4) is 11.5 Å². The Morgan fingerprint density at radius 1 is 1.11 bits per heavy atom. The van der Waals surface area contributed by atoms with E-state index in [4.69, 9.17) is 4.74 Å². The fourth-order valence-electron chi connectivity index (χ4n) is 2.28. The van der Waals surface area contributed by atoms with E-state index >= 15 is 0 Å². The third-order valence-corrected chi connectivity index (χ3v) is 3.61. The number of urea groups is 1. The second-order valence-electron chi connectivity index (χ2n) is 5.96. The van der Waals surface area contributed by atoms with Crippen LogP contribution >= 0.6 is 0 Å². The van der Waals surface area contributed by atoms with Gasteiger partial charge in [0.25, 0.3) is 0 Å². The van der Waals surface area contributed by atoms with E-state index in [0.717, 1.165) is 11.6 Å². The zero-order valence-corrected chi connectivity index (χ0v) is 15.1. The first-order valence-corrected chi connectivity index (χ1v) is 8.49. The molecule has 0 saturated carbocycles. The summed E-state index contributed by atoms with van der Waals surface area (Å²) in [4.78, 5) is 11.8. The van der Waals surface area contributed by atoms with Crippen LogP contribution in [0, 0.1) is 11.6 Å². The Morgan fingerprint density at radius 3 is 2.46 bits per heavy atom. The van der Waals surface area contributed by atoms with Gasteiger partial charge in [0.2, 0.25) is 0 Å². The van der Waals surface area contributed by atoms with E-state index in [2.05, 4.69) is 15.4 Å². The minimum Gasteiger partial charge on any atom is -0.488 e. The number of nitrogens with one attached hydrogen (secondary N) is 2. The summed E-state index contributed by atoms with van der Waals surface area (Å²) in [5.41, 5.74) is 0.838. The molecule has 0 spiro atoms. The molecule has 5 nitrogen and oxygen atoms in total. The van der Waals surface area contributed by atoms with Gasteiger partial charge in [0, 0.05) is 12.6 Å². The van der Waals surface area contributed by atoms with Crippen molar-refractivity contribution < 1.29 is 31.8 Å². The van der Waals surface area contributed by atoms with Gasteiger partial charge in [-0.3, -0.25) is 0 Å². The molecule has 9 heteroatoms. The number of amides is 2. The van der Waals surface area contributed by atoms with Gasteiger partial charge in [0.15, 0.2) is 11.6 Å². The van der Waals surface area contributed by atoms with Crippen LogP contribution in [0.15, 0.2) is 42.5 Å². The van der Waals surface area contributed by atoms with E-state index in [1.54, 1.807) is 19.1 Å². The molecular weight excluding hydrogens is 380 g/mol. The topological polar surface area (TPSA) is 59.6 Å². The molecule has 0 aliphatic carbocycles. The fourth-order valence-corrected chi connectivity index (χ4v) is 2.28. The van der Waals surface area contributed by atoms with Gasteiger partial charge >= 0.3 is 12.6 Å². The summed E-state index contributed by atoms with van der Waals surface area (Å²) in [6.07, 6.45) is 0.494. The first kappa shape index (κ1) is 21.3. The molecule has 0 heterocycles. The Kier molecular flexibility index (Phi) is 7.91. The van der Waals surface area contributed by atoms with Crippen molar-refractivity contribution in [2.75, 3.05) is 13.2 Å². The summed E-state index contributed by atoms with van der Waals surface area (Å²) in [5.74, 6) is -1.56. The lowest BCUT2D eigenvalue weighted by molar-refractivity contribution is -0.0498. The summed E-state index contributed by atoms with van der Waals surface area (Å²) in [6, 6.07) is 8.22. The summed E-state index contributed by atoms with van der Waals surface area (Å²) in [7, 11) is 0. The molecule has 1 unspecified atom stereocenters. The number of carbonyl (C=O) groups is 1. The molecule has 2 N–H and O–H groups in total. The highest BCUT2D eigenvalue weighted by Gasteiger charge is 2.10. The molecule has 1 atom stereocenters. The fraction of sp³-hybridized carbons (Fsp3) is 0.316. The van der Waals surface area contributed by atoms with Gasteiger partial charge < -0.3 is 20.1 Å². The number of benzene rings is 2.